The van der Waals surface area contributed by atoms with E-state index >= 15 is 0 Å². The van der Waals surface area contributed by atoms with Gasteiger partial charge in [-0.15, -0.1) is 0 Å². The zero-order chi connectivity index (χ0) is 8.81. The van der Waals surface area contributed by atoms with Crippen molar-refractivity contribution in [2.45, 2.75) is 18.9 Å². The Kier molecular flexibility index (Phi) is 3.70. The number of aliphatic hydroxyl groups is 2. The summed E-state index contributed by atoms with van der Waals surface area (Å²) in [7, 11) is 0. The number of hydrogen-bond acceptors (Lipinski definition) is 3. The Bertz CT molecular complexity index is 213. The average Bonchev–Trinajstić information content (AvgIpc) is 2.16. The van der Waals surface area contributed by atoms with Crippen LogP contribution in [0.5, 0.6) is 0 Å². The number of hydrogen-bond donors (Lipinski definition) is 2. The van der Waals surface area contributed by atoms with Crippen LogP contribution >= 0.6 is 0 Å². The maximum absolute atomic E-state index is 9.04. The molecule has 0 aliphatic carbocycles. The molecule has 0 aliphatic rings. The number of aromatic nitrogens is 1. The Morgan fingerprint density at radius 3 is 2.83 bits per heavy atom. The van der Waals surface area contributed by atoms with Gasteiger partial charge in [0, 0.05) is 11.9 Å². The van der Waals surface area contributed by atoms with E-state index in [0.29, 0.717) is 12.8 Å². The van der Waals surface area contributed by atoms with Crippen molar-refractivity contribution in [3.63, 3.8) is 0 Å². The summed E-state index contributed by atoms with van der Waals surface area (Å²) < 4.78 is 0. The van der Waals surface area contributed by atoms with Crippen molar-refractivity contribution in [3.8, 4) is 0 Å². The molecule has 0 fully saturated rings. The molecule has 0 radical (unpaired) electrons. The monoisotopic (exact) mass is 167 g/mol. The largest absolute Gasteiger partial charge is 0.394 e. The quantitative estimate of drug-likeness (QED) is 0.681. The van der Waals surface area contributed by atoms with Gasteiger partial charge in [0.05, 0.1) is 12.7 Å². The minimum atomic E-state index is -0.619. The zero-order valence-corrected chi connectivity index (χ0v) is 6.85. The molecular formula is C9H13NO2. The summed E-state index contributed by atoms with van der Waals surface area (Å²) >= 11 is 0. The van der Waals surface area contributed by atoms with Crippen LogP contribution in [0.2, 0.25) is 0 Å². The van der Waals surface area contributed by atoms with E-state index in [1.54, 1.807) is 6.20 Å². The van der Waals surface area contributed by atoms with Gasteiger partial charge in [-0.2, -0.15) is 0 Å². The first-order chi connectivity index (χ1) is 5.83. The van der Waals surface area contributed by atoms with Crippen LogP contribution in [0.1, 0.15) is 12.1 Å². The van der Waals surface area contributed by atoms with Gasteiger partial charge in [-0.1, -0.05) is 6.07 Å². The molecular weight excluding hydrogens is 154 g/mol. The first-order valence-corrected chi connectivity index (χ1v) is 4.01. The van der Waals surface area contributed by atoms with Gasteiger partial charge in [0.25, 0.3) is 0 Å². The average molecular weight is 167 g/mol. The molecule has 0 aromatic carbocycles. The molecule has 3 nitrogen and oxygen atoms in total. The summed E-state index contributed by atoms with van der Waals surface area (Å²) in [6.45, 7) is -0.174. The predicted octanol–water partition coefficient (Wildman–Crippen LogP) is 0.367. The third-order valence-corrected chi connectivity index (χ3v) is 1.67. The highest BCUT2D eigenvalue weighted by molar-refractivity contribution is 5.03. The summed E-state index contributed by atoms with van der Waals surface area (Å²) in [5.74, 6) is 0. The van der Waals surface area contributed by atoms with Crippen molar-refractivity contribution in [2.75, 3.05) is 6.61 Å². The van der Waals surface area contributed by atoms with Gasteiger partial charge in [-0.05, 0) is 25.0 Å². The fraction of sp³-hybridized carbons (Fsp3) is 0.444. The van der Waals surface area contributed by atoms with Crippen molar-refractivity contribution in [2.24, 2.45) is 0 Å². The van der Waals surface area contributed by atoms with E-state index < -0.39 is 6.10 Å². The van der Waals surface area contributed by atoms with Crippen LogP contribution in [0.15, 0.2) is 24.4 Å². The van der Waals surface area contributed by atoms with Gasteiger partial charge in [0.2, 0.25) is 0 Å². The van der Waals surface area contributed by atoms with Crippen LogP contribution in [0.25, 0.3) is 0 Å². The molecule has 1 rings (SSSR count). The van der Waals surface area contributed by atoms with Crippen molar-refractivity contribution in [3.05, 3.63) is 30.1 Å². The van der Waals surface area contributed by atoms with E-state index in [1.165, 1.54) is 0 Å². The zero-order valence-electron chi connectivity index (χ0n) is 6.85. The normalized spacial score (nSPS) is 12.8. The highest BCUT2D eigenvalue weighted by atomic mass is 16.3. The number of nitrogens with zero attached hydrogens (tertiary/aromatic N) is 1. The lowest BCUT2D eigenvalue weighted by molar-refractivity contribution is 0.0884. The topological polar surface area (TPSA) is 53.4 Å². The standard InChI is InChI=1S/C9H13NO2/c11-7-9(12)5-4-8-3-1-2-6-10-8/h1-3,6,9,11-12H,4-5,7H2. The number of aryl methyl sites for hydroxylation is 1. The maximum atomic E-state index is 9.04. The summed E-state index contributed by atoms with van der Waals surface area (Å²) in [5.41, 5.74) is 0.949. The Labute approximate surface area is 71.7 Å². The molecule has 1 aromatic heterocycles. The SMILES string of the molecule is OCC(O)CCc1ccccn1. The van der Waals surface area contributed by atoms with Crippen LogP contribution in [-0.4, -0.2) is 27.9 Å². The Hall–Kier alpha value is -0.930. The Morgan fingerprint density at radius 2 is 2.25 bits per heavy atom. The molecule has 0 saturated heterocycles. The molecule has 1 aromatic rings. The van der Waals surface area contributed by atoms with E-state index in [1.807, 2.05) is 18.2 Å². The molecule has 0 bridgehead atoms. The van der Waals surface area contributed by atoms with Gasteiger partial charge in [-0.3, -0.25) is 4.98 Å². The maximum Gasteiger partial charge on any atom is 0.0774 e. The van der Waals surface area contributed by atoms with Gasteiger partial charge in [0.1, 0.15) is 0 Å². The molecule has 66 valence electrons. The summed E-state index contributed by atoms with van der Waals surface area (Å²) in [6.07, 6.45) is 2.38. The fourth-order valence-electron chi connectivity index (χ4n) is 0.952. The first-order valence-electron chi connectivity index (χ1n) is 4.01. The second-order valence-electron chi connectivity index (χ2n) is 2.70. The third kappa shape index (κ3) is 2.98. The molecule has 1 atom stereocenters. The van der Waals surface area contributed by atoms with Crippen LogP contribution in [-0.2, 0) is 6.42 Å². The fourth-order valence-corrected chi connectivity index (χ4v) is 0.952. The molecule has 3 heteroatoms. The highest BCUT2D eigenvalue weighted by Gasteiger charge is 2.01. The van der Waals surface area contributed by atoms with Gasteiger partial charge < -0.3 is 10.2 Å². The van der Waals surface area contributed by atoms with Crippen LogP contribution in [0.3, 0.4) is 0 Å². The molecule has 1 heterocycles. The second kappa shape index (κ2) is 4.85. The molecule has 0 spiro atoms. The van der Waals surface area contributed by atoms with E-state index in [2.05, 4.69) is 4.98 Å². The van der Waals surface area contributed by atoms with E-state index in [9.17, 15) is 0 Å². The molecule has 1 unspecified atom stereocenters. The van der Waals surface area contributed by atoms with E-state index in [-0.39, 0.29) is 6.61 Å². The minimum absolute atomic E-state index is 0.174. The number of aliphatic hydroxyl groups excluding tert-OH is 2. The minimum Gasteiger partial charge on any atom is -0.394 e. The molecule has 12 heavy (non-hydrogen) atoms. The predicted molar refractivity (Wildman–Crippen MR) is 45.7 cm³/mol. The van der Waals surface area contributed by atoms with Crippen molar-refractivity contribution >= 4 is 0 Å². The molecule has 0 amide bonds. The second-order valence-corrected chi connectivity index (χ2v) is 2.70. The molecule has 2 N–H and O–H groups in total. The van der Waals surface area contributed by atoms with E-state index in [0.717, 1.165) is 5.69 Å². The van der Waals surface area contributed by atoms with Crippen molar-refractivity contribution in [1.82, 2.24) is 4.98 Å². The lowest BCUT2D eigenvalue weighted by Gasteiger charge is -2.05. The van der Waals surface area contributed by atoms with Gasteiger partial charge in [-0.25, -0.2) is 0 Å². The van der Waals surface area contributed by atoms with Crippen LogP contribution in [0, 0.1) is 0 Å². The summed E-state index contributed by atoms with van der Waals surface area (Å²) in [6, 6.07) is 5.67. The first kappa shape index (κ1) is 9.16. The number of rotatable bonds is 4. The smallest absolute Gasteiger partial charge is 0.0774 e. The highest BCUT2D eigenvalue weighted by Crippen LogP contribution is 2.00. The molecule has 0 saturated carbocycles. The van der Waals surface area contributed by atoms with Crippen LogP contribution < -0.4 is 0 Å². The molecule has 0 aliphatic heterocycles. The van der Waals surface area contributed by atoms with Gasteiger partial charge >= 0.3 is 0 Å². The van der Waals surface area contributed by atoms with Crippen LogP contribution in [0.4, 0.5) is 0 Å². The van der Waals surface area contributed by atoms with Crippen molar-refractivity contribution < 1.29 is 10.2 Å². The lowest BCUT2D eigenvalue weighted by Crippen LogP contribution is -2.12. The third-order valence-electron chi connectivity index (χ3n) is 1.67. The Balaban J connectivity index is 2.33. The number of pyridine rings is 1. The van der Waals surface area contributed by atoms with E-state index in [4.69, 9.17) is 10.2 Å². The summed E-state index contributed by atoms with van der Waals surface area (Å²) in [4.78, 5) is 4.09. The van der Waals surface area contributed by atoms with Crippen molar-refractivity contribution in [1.29, 1.82) is 0 Å². The van der Waals surface area contributed by atoms with Gasteiger partial charge in [0.15, 0.2) is 0 Å². The Morgan fingerprint density at radius 1 is 1.42 bits per heavy atom. The summed E-state index contributed by atoms with van der Waals surface area (Å²) in [5, 5.41) is 17.6. The lowest BCUT2D eigenvalue weighted by atomic mass is 10.1.